The summed E-state index contributed by atoms with van der Waals surface area (Å²) in [7, 11) is 0. The molecule has 1 atom stereocenters. The minimum atomic E-state index is -0.765. The van der Waals surface area contributed by atoms with E-state index in [0.717, 1.165) is 41.7 Å². The monoisotopic (exact) mass is 341 g/mol. The third kappa shape index (κ3) is 3.00. The number of nitrogens with one attached hydrogen (secondary N) is 1. The van der Waals surface area contributed by atoms with Crippen molar-refractivity contribution in [3.8, 4) is 5.75 Å². The molecule has 0 bridgehead atoms. The molecule has 5 heteroatoms. The molecule has 4 nitrogen and oxygen atoms in total. The zero-order valence-corrected chi connectivity index (χ0v) is 13.8. The summed E-state index contributed by atoms with van der Waals surface area (Å²) in [5.74, 6) is 0.451. The smallest absolute Gasteiger partial charge is 0.230 e. The van der Waals surface area contributed by atoms with E-state index >= 15 is 0 Å². The molecular formula is C20H20FNO3. The molecule has 0 aromatic heterocycles. The van der Waals surface area contributed by atoms with Gasteiger partial charge in [-0.15, -0.1) is 0 Å². The Labute approximate surface area is 145 Å². The summed E-state index contributed by atoms with van der Waals surface area (Å²) < 4.78 is 18.6. The highest BCUT2D eigenvalue weighted by Crippen LogP contribution is 2.48. The van der Waals surface area contributed by atoms with Crippen LogP contribution in [-0.4, -0.2) is 24.2 Å². The molecule has 1 heterocycles. The number of aliphatic hydroxyl groups excluding tert-OH is 1. The summed E-state index contributed by atoms with van der Waals surface area (Å²) in [5.41, 5.74) is 2.12. The van der Waals surface area contributed by atoms with E-state index < -0.39 is 11.5 Å². The molecule has 1 aliphatic carbocycles. The Morgan fingerprint density at radius 1 is 1.24 bits per heavy atom. The van der Waals surface area contributed by atoms with Gasteiger partial charge in [0.25, 0.3) is 0 Å². The second kappa shape index (κ2) is 6.15. The highest BCUT2D eigenvalue weighted by atomic mass is 19.1. The maximum Gasteiger partial charge on any atom is 0.230 e. The molecule has 2 aromatic carbocycles. The number of fused-ring (bicyclic) bond motifs is 1. The molecule has 2 aliphatic rings. The van der Waals surface area contributed by atoms with Gasteiger partial charge in [-0.05, 0) is 53.8 Å². The number of aliphatic hydroxyl groups is 1. The van der Waals surface area contributed by atoms with Crippen molar-refractivity contribution in [3.05, 3.63) is 65.0 Å². The van der Waals surface area contributed by atoms with Crippen LogP contribution in [0.2, 0.25) is 0 Å². The molecule has 1 amide bonds. The van der Waals surface area contributed by atoms with Gasteiger partial charge in [0.1, 0.15) is 11.6 Å². The highest BCUT2D eigenvalue weighted by Gasteiger charge is 2.51. The first-order chi connectivity index (χ1) is 12.1. The van der Waals surface area contributed by atoms with Crippen LogP contribution < -0.4 is 10.1 Å². The molecule has 25 heavy (non-hydrogen) atoms. The lowest BCUT2D eigenvalue weighted by atomic mass is 9.94. The van der Waals surface area contributed by atoms with Crippen LogP contribution in [0.15, 0.2) is 42.5 Å². The van der Waals surface area contributed by atoms with Crippen LogP contribution in [0.3, 0.4) is 0 Å². The van der Waals surface area contributed by atoms with Gasteiger partial charge in [-0.2, -0.15) is 0 Å². The number of hydrogen-bond acceptors (Lipinski definition) is 3. The number of carbonyl (C=O) groups is 1. The van der Waals surface area contributed by atoms with Gasteiger partial charge in [0.2, 0.25) is 5.91 Å². The molecule has 0 radical (unpaired) electrons. The van der Waals surface area contributed by atoms with Crippen molar-refractivity contribution in [1.29, 1.82) is 0 Å². The molecule has 2 N–H and O–H groups in total. The first-order valence-corrected chi connectivity index (χ1v) is 8.56. The third-order valence-corrected chi connectivity index (χ3v) is 5.14. The van der Waals surface area contributed by atoms with Gasteiger partial charge in [-0.3, -0.25) is 4.79 Å². The lowest BCUT2D eigenvalue weighted by Crippen LogP contribution is -2.37. The van der Waals surface area contributed by atoms with E-state index in [9.17, 15) is 14.3 Å². The number of benzene rings is 2. The van der Waals surface area contributed by atoms with Crippen molar-refractivity contribution in [2.24, 2.45) is 0 Å². The Hall–Kier alpha value is -2.40. The molecule has 0 spiro atoms. The second-order valence-electron chi connectivity index (χ2n) is 6.78. The zero-order chi connectivity index (χ0) is 17.4. The standard InChI is InChI=1S/C20H20FNO3/c21-16-4-2-15(3-5-16)20(8-9-20)19(24)22-12-17(23)13-1-6-18-14(11-13)7-10-25-18/h1-6,11,17,23H,7-10,12H2,(H,22,24). The van der Waals surface area contributed by atoms with Gasteiger partial charge in [0.05, 0.1) is 18.1 Å². The average molecular weight is 341 g/mol. The molecule has 1 aliphatic heterocycles. The Balaban J connectivity index is 1.41. The van der Waals surface area contributed by atoms with Crippen LogP contribution in [0.4, 0.5) is 4.39 Å². The summed E-state index contributed by atoms with van der Waals surface area (Å²) in [6, 6.07) is 11.7. The predicted octanol–water partition coefficient (Wildman–Crippen LogP) is 2.64. The molecular weight excluding hydrogens is 321 g/mol. The zero-order valence-electron chi connectivity index (χ0n) is 13.8. The van der Waals surface area contributed by atoms with Crippen LogP contribution in [0.1, 0.15) is 35.6 Å². The molecule has 1 fully saturated rings. The number of carbonyl (C=O) groups excluding carboxylic acids is 1. The highest BCUT2D eigenvalue weighted by molar-refractivity contribution is 5.91. The van der Waals surface area contributed by atoms with Crippen molar-refractivity contribution >= 4 is 5.91 Å². The van der Waals surface area contributed by atoms with Gasteiger partial charge >= 0.3 is 0 Å². The molecule has 2 aromatic rings. The van der Waals surface area contributed by atoms with Crippen molar-refractivity contribution in [1.82, 2.24) is 5.32 Å². The molecule has 4 rings (SSSR count). The van der Waals surface area contributed by atoms with Crippen molar-refractivity contribution in [3.63, 3.8) is 0 Å². The van der Waals surface area contributed by atoms with E-state index in [1.807, 2.05) is 18.2 Å². The fourth-order valence-corrected chi connectivity index (χ4v) is 3.43. The van der Waals surface area contributed by atoms with Crippen LogP contribution in [0.25, 0.3) is 0 Å². The van der Waals surface area contributed by atoms with Gasteiger partial charge < -0.3 is 15.2 Å². The number of ether oxygens (including phenoxy) is 1. The van der Waals surface area contributed by atoms with Crippen molar-refractivity contribution in [2.45, 2.75) is 30.8 Å². The van der Waals surface area contributed by atoms with Crippen LogP contribution in [0.5, 0.6) is 5.75 Å². The molecule has 130 valence electrons. The Morgan fingerprint density at radius 3 is 2.72 bits per heavy atom. The second-order valence-corrected chi connectivity index (χ2v) is 6.78. The maximum absolute atomic E-state index is 13.1. The summed E-state index contributed by atoms with van der Waals surface area (Å²) >= 11 is 0. The Morgan fingerprint density at radius 2 is 2.00 bits per heavy atom. The first kappa shape index (κ1) is 16.1. The van der Waals surface area contributed by atoms with Gasteiger partial charge in [0.15, 0.2) is 0 Å². The van der Waals surface area contributed by atoms with Crippen molar-refractivity contribution in [2.75, 3.05) is 13.2 Å². The minimum absolute atomic E-state index is 0.109. The quantitative estimate of drug-likeness (QED) is 0.879. The number of rotatable bonds is 5. The summed E-state index contributed by atoms with van der Waals surface area (Å²) in [4.78, 5) is 12.6. The fraction of sp³-hybridized carbons (Fsp3) is 0.350. The van der Waals surface area contributed by atoms with E-state index in [4.69, 9.17) is 4.74 Å². The van der Waals surface area contributed by atoms with E-state index in [1.165, 1.54) is 12.1 Å². The summed E-state index contributed by atoms with van der Waals surface area (Å²) in [6.45, 7) is 0.827. The van der Waals surface area contributed by atoms with Crippen LogP contribution >= 0.6 is 0 Å². The van der Waals surface area contributed by atoms with E-state index in [1.54, 1.807) is 12.1 Å². The maximum atomic E-state index is 13.1. The topological polar surface area (TPSA) is 58.6 Å². The van der Waals surface area contributed by atoms with Crippen molar-refractivity contribution < 1.29 is 19.0 Å². The fourth-order valence-electron chi connectivity index (χ4n) is 3.43. The summed E-state index contributed by atoms with van der Waals surface area (Å²) in [6.07, 6.45) is 1.57. The van der Waals surface area contributed by atoms with E-state index in [2.05, 4.69) is 5.32 Å². The largest absolute Gasteiger partial charge is 0.493 e. The third-order valence-electron chi connectivity index (χ3n) is 5.14. The Kier molecular flexibility index (Phi) is 3.96. The van der Waals surface area contributed by atoms with Crippen LogP contribution in [-0.2, 0) is 16.6 Å². The predicted molar refractivity (Wildman–Crippen MR) is 90.9 cm³/mol. The Bertz CT molecular complexity index is 799. The van der Waals surface area contributed by atoms with E-state index in [-0.39, 0.29) is 18.3 Å². The van der Waals surface area contributed by atoms with Gasteiger partial charge in [0, 0.05) is 13.0 Å². The average Bonchev–Trinajstić information content (AvgIpc) is 3.30. The van der Waals surface area contributed by atoms with Gasteiger partial charge in [-0.1, -0.05) is 18.2 Å². The molecule has 1 saturated carbocycles. The van der Waals surface area contributed by atoms with Gasteiger partial charge in [-0.25, -0.2) is 4.39 Å². The van der Waals surface area contributed by atoms with Crippen LogP contribution in [0, 0.1) is 5.82 Å². The minimum Gasteiger partial charge on any atom is -0.493 e. The first-order valence-electron chi connectivity index (χ1n) is 8.56. The molecule has 0 saturated heterocycles. The summed E-state index contributed by atoms with van der Waals surface area (Å²) in [5, 5.41) is 13.2. The lowest BCUT2D eigenvalue weighted by molar-refractivity contribution is -0.124. The normalized spacial score (nSPS) is 18.2. The number of hydrogen-bond donors (Lipinski definition) is 2. The lowest BCUT2D eigenvalue weighted by Gasteiger charge is -2.18. The number of amides is 1. The number of halogens is 1. The molecule has 1 unspecified atom stereocenters. The van der Waals surface area contributed by atoms with E-state index in [0.29, 0.717) is 6.61 Å². The SMILES string of the molecule is O=C(NCC(O)c1ccc2c(c1)CCO2)C1(c2ccc(F)cc2)CC1.